The highest BCUT2D eigenvalue weighted by Crippen LogP contribution is 2.22. The molecule has 0 unspecified atom stereocenters. The molecule has 0 radical (unpaired) electrons. The average Bonchev–Trinajstić information content (AvgIpc) is 2.62. The van der Waals surface area contributed by atoms with Crippen molar-refractivity contribution < 1.29 is 14.7 Å². The number of carbonyl (C=O) groups excluding carboxylic acids is 1. The van der Waals surface area contributed by atoms with E-state index in [4.69, 9.17) is 10.8 Å². The number of aliphatic carboxylic acids is 1. The highest BCUT2D eigenvalue weighted by Gasteiger charge is 2.30. The Labute approximate surface area is 96.0 Å². The topological polar surface area (TPSA) is 111 Å². The first-order chi connectivity index (χ1) is 7.35. The number of carbonyl (C=O) groups is 2. The molecule has 7 nitrogen and oxygen atoms in total. The Bertz CT molecular complexity index is 415. The SMILES string of the molecule is CC(C)(C(N)=O)n1cnnc1SCC(=O)O. The maximum atomic E-state index is 11.2. The Morgan fingerprint density at radius 1 is 1.62 bits per heavy atom. The van der Waals surface area contributed by atoms with E-state index in [2.05, 4.69) is 10.2 Å². The molecule has 0 spiro atoms. The summed E-state index contributed by atoms with van der Waals surface area (Å²) in [5, 5.41) is 16.3. The van der Waals surface area contributed by atoms with E-state index in [-0.39, 0.29) is 5.75 Å². The van der Waals surface area contributed by atoms with Crippen molar-refractivity contribution in [1.82, 2.24) is 14.8 Å². The van der Waals surface area contributed by atoms with Crippen LogP contribution in [-0.4, -0.2) is 37.5 Å². The number of hydrogen-bond donors (Lipinski definition) is 2. The largest absolute Gasteiger partial charge is 0.481 e. The molecule has 0 saturated heterocycles. The van der Waals surface area contributed by atoms with Crippen LogP contribution in [0.1, 0.15) is 13.8 Å². The molecule has 0 aliphatic carbocycles. The molecule has 1 amide bonds. The predicted octanol–water partition coefficient (Wildman–Crippen LogP) is -0.325. The van der Waals surface area contributed by atoms with Gasteiger partial charge in [0, 0.05) is 0 Å². The highest BCUT2D eigenvalue weighted by molar-refractivity contribution is 7.99. The van der Waals surface area contributed by atoms with Gasteiger partial charge in [0.25, 0.3) is 0 Å². The van der Waals surface area contributed by atoms with Gasteiger partial charge in [-0.1, -0.05) is 11.8 Å². The molecular weight excluding hydrogens is 232 g/mol. The first-order valence-electron chi connectivity index (χ1n) is 4.40. The predicted molar refractivity (Wildman–Crippen MR) is 56.9 cm³/mol. The van der Waals surface area contributed by atoms with Crippen molar-refractivity contribution in [3.8, 4) is 0 Å². The van der Waals surface area contributed by atoms with Crippen molar-refractivity contribution in [3.63, 3.8) is 0 Å². The minimum absolute atomic E-state index is 0.145. The molecule has 0 atom stereocenters. The lowest BCUT2D eigenvalue weighted by Gasteiger charge is -2.23. The van der Waals surface area contributed by atoms with Crippen LogP contribution in [0.2, 0.25) is 0 Å². The van der Waals surface area contributed by atoms with Gasteiger partial charge in [0.1, 0.15) is 11.9 Å². The van der Waals surface area contributed by atoms with Crippen molar-refractivity contribution in [2.24, 2.45) is 5.73 Å². The van der Waals surface area contributed by atoms with E-state index in [0.717, 1.165) is 11.8 Å². The Kier molecular flexibility index (Phi) is 3.53. The van der Waals surface area contributed by atoms with Gasteiger partial charge in [-0.2, -0.15) is 0 Å². The number of rotatable bonds is 5. The third-order valence-corrected chi connectivity index (χ3v) is 2.97. The van der Waals surface area contributed by atoms with Crippen LogP contribution in [0, 0.1) is 0 Å². The van der Waals surface area contributed by atoms with E-state index in [1.54, 1.807) is 13.8 Å². The minimum atomic E-state index is -0.982. The number of amides is 1. The van der Waals surface area contributed by atoms with E-state index in [1.807, 2.05) is 0 Å². The van der Waals surface area contributed by atoms with Gasteiger partial charge < -0.3 is 10.8 Å². The molecule has 16 heavy (non-hydrogen) atoms. The summed E-state index contributed by atoms with van der Waals surface area (Å²) in [7, 11) is 0. The molecule has 3 N–H and O–H groups in total. The van der Waals surface area contributed by atoms with Gasteiger partial charge in [0.15, 0.2) is 5.16 Å². The highest BCUT2D eigenvalue weighted by atomic mass is 32.2. The van der Waals surface area contributed by atoms with E-state index >= 15 is 0 Å². The molecule has 1 rings (SSSR count). The Morgan fingerprint density at radius 2 is 2.25 bits per heavy atom. The van der Waals surface area contributed by atoms with Crippen LogP contribution in [0.4, 0.5) is 0 Å². The summed E-state index contributed by atoms with van der Waals surface area (Å²) in [6, 6.07) is 0. The van der Waals surface area contributed by atoms with Crippen LogP contribution in [0.25, 0.3) is 0 Å². The maximum absolute atomic E-state index is 11.2. The fourth-order valence-electron chi connectivity index (χ4n) is 0.951. The fourth-order valence-corrected chi connectivity index (χ4v) is 1.72. The first-order valence-corrected chi connectivity index (χ1v) is 5.39. The second-order valence-corrected chi connectivity index (χ2v) is 4.53. The number of nitrogens with two attached hydrogens (primary N) is 1. The molecule has 0 aliphatic rings. The van der Waals surface area contributed by atoms with Crippen LogP contribution < -0.4 is 5.73 Å². The molecule has 1 aromatic heterocycles. The number of carboxylic acid groups (broad SMARTS) is 1. The van der Waals surface area contributed by atoms with Crippen LogP contribution in [0.3, 0.4) is 0 Å². The van der Waals surface area contributed by atoms with Crippen LogP contribution in [0.5, 0.6) is 0 Å². The number of nitrogens with zero attached hydrogens (tertiary/aromatic N) is 3. The fraction of sp³-hybridized carbons (Fsp3) is 0.500. The lowest BCUT2D eigenvalue weighted by atomic mass is 10.1. The van der Waals surface area contributed by atoms with Gasteiger partial charge in [-0.15, -0.1) is 10.2 Å². The molecular formula is C8H12N4O3S. The quantitative estimate of drug-likeness (QED) is 0.686. The molecule has 8 heteroatoms. The summed E-state index contributed by atoms with van der Waals surface area (Å²) in [4.78, 5) is 21.6. The Hall–Kier alpha value is -1.57. The normalized spacial score (nSPS) is 11.4. The van der Waals surface area contributed by atoms with Crippen LogP contribution in [-0.2, 0) is 15.1 Å². The molecule has 1 aromatic rings. The summed E-state index contributed by atoms with van der Waals surface area (Å²) in [6.07, 6.45) is 1.36. The van der Waals surface area contributed by atoms with Gasteiger partial charge in [0.2, 0.25) is 5.91 Å². The van der Waals surface area contributed by atoms with E-state index in [9.17, 15) is 9.59 Å². The monoisotopic (exact) mass is 244 g/mol. The second-order valence-electron chi connectivity index (χ2n) is 3.59. The molecule has 88 valence electrons. The summed E-state index contributed by atoms with van der Waals surface area (Å²) in [6.45, 7) is 3.23. The van der Waals surface area contributed by atoms with Crippen molar-refractivity contribution in [2.45, 2.75) is 24.5 Å². The smallest absolute Gasteiger partial charge is 0.313 e. The standard InChI is InChI=1S/C8H12N4O3S/c1-8(2,6(9)15)12-4-10-11-7(12)16-3-5(13)14/h4H,3H2,1-2H3,(H2,9,15)(H,13,14). The van der Waals surface area contributed by atoms with Gasteiger partial charge in [0.05, 0.1) is 5.75 Å². The van der Waals surface area contributed by atoms with Gasteiger partial charge in [-0.3, -0.25) is 14.2 Å². The van der Waals surface area contributed by atoms with Crippen molar-refractivity contribution in [1.29, 1.82) is 0 Å². The molecule has 0 aromatic carbocycles. The molecule has 0 aliphatic heterocycles. The van der Waals surface area contributed by atoms with Crippen LogP contribution >= 0.6 is 11.8 Å². The summed E-state index contributed by atoms with van der Waals surface area (Å²) in [5.41, 5.74) is 4.26. The molecule has 0 saturated carbocycles. The third-order valence-electron chi connectivity index (χ3n) is 2.05. The maximum Gasteiger partial charge on any atom is 0.313 e. The van der Waals surface area contributed by atoms with E-state index in [1.165, 1.54) is 10.9 Å². The number of hydrogen-bond acceptors (Lipinski definition) is 5. The van der Waals surface area contributed by atoms with Crippen molar-refractivity contribution in [3.05, 3.63) is 6.33 Å². The lowest BCUT2D eigenvalue weighted by Crippen LogP contribution is -2.41. The summed E-state index contributed by atoms with van der Waals surface area (Å²) in [5.74, 6) is -1.64. The Morgan fingerprint density at radius 3 is 2.75 bits per heavy atom. The van der Waals surface area contributed by atoms with Gasteiger partial charge in [-0.25, -0.2) is 0 Å². The van der Waals surface area contributed by atoms with Gasteiger partial charge >= 0.3 is 5.97 Å². The van der Waals surface area contributed by atoms with E-state index < -0.39 is 17.4 Å². The number of carboxylic acids is 1. The van der Waals surface area contributed by atoms with Gasteiger partial charge in [-0.05, 0) is 13.8 Å². The summed E-state index contributed by atoms with van der Waals surface area (Å²) < 4.78 is 1.46. The number of thioether (sulfide) groups is 1. The minimum Gasteiger partial charge on any atom is -0.481 e. The van der Waals surface area contributed by atoms with Crippen molar-refractivity contribution >= 4 is 23.6 Å². The zero-order valence-corrected chi connectivity index (χ0v) is 9.69. The molecule has 0 bridgehead atoms. The van der Waals surface area contributed by atoms with Crippen LogP contribution in [0.15, 0.2) is 11.5 Å². The summed E-state index contributed by atoms with van der Waals surface area (Å²) >= 11 is 0.988. The zero-order chi connectivity index (χ0) is 12.3. The van der Waals surface area contributed by atoms with Crippen molar-refractivity contribution in [2.75, 3.05) is 5.75 Å². The molecule has 1 heterocycles. The number of primary amides is 1. The molecule has 0 fully saturated rings. The second kappa shape index (κ2) is 4.52. The first kappa shape index (κ1) is 12.5. The lowest BCUT2D eigenvalue weighted by molar-refractivity contribution is -0.133. The Balaban J connectivity index is 2.94. The number of aromatic nitrogens is 3. The average molecular weight is 244 g/mol. The van der Waals surface area contributed by atoms with E-state index in [0.29, 0.717) is 5.16 Å². The zero-order valence-electron chi connectivity index (χ0n) is 8.88. The third kappa shape index (κ3) is 2.51.